The normalized spacial score (nSPS) is 12.9. The van der Waals surface area contributed by atoms with Crippen LogP contribution in [0.4, 0.5) is 23.1 Å². The minimum atomic E-state index is 0.500. The summed E-state index contributed by atoms with van der Waals surface area (Å²) in [7, 11) is 4.76. The summed E-state index contributed by atoms with van der Waals surface area (Å²) in [5, 5.41) is 3.24. The van der Waals surface area contributed by atoms with Gasteiger partial charge in [-0.3, -0.25) is 0 Å². The molecule has 0 saturated heterocycles. The lowest BCUT2D eigenvalue weighted by molar-refractivity contribution is 0.324. The molecule has 0 radical (unpaired) electrons. The molecule has 7 heteroatoms. The Morgan fingerprint density at radius 1 is 0.966 bits per heavy atom. The van der Waals surface area contributed by atoms with Gasteiger partial charge in [-0.1, -0.05) is 18.2 Å². The van der Waals surface area contributed by atoms with Crippen molar-refractivity contribution in [2.24, 2.45) is 0 Å². The largest absolute Gasteiger partial charge is 0.493 e. The van der Waals surface area contributed by atoms with Crippen LogP contribution < -0.4 is 24.4 Å². The molecule has 0 unspecified atom stereocenters. The Morgan fingerprint density at radius 2 is 1.72 bits per heavy atom. The fraction of sp³-hybridized carbons (Fsp3) is 0.273. The van der Waals surface area contributed by atoms with Crippen molar-refractivity contribution in [3.63, 3.8) is 0 Å². The Kier molecular flexibility index (Phi) is 5.37. The number of anilines is 4. The molecule has 29 heavy (non-hydrogen) atoms. The summed E-state index contributed by atoms with van der Waals surface area (Å²) in [5.41, 5.74) is 3.29. The molecular weight excluding hydrogens is 368 g/mol. The highest BCUT2D eigenvalue weighted by atomic mass is 16.5. The number of hydrogen-bond acceptors (Lipinski definition) is 7. The lowest BCUT2D eigenvalue weighted by Gasteiger charge is -2.30. The summed E-state index contributed by atoms with van der Waals surface area (Å²) >= 11 is 0. The third-order valence-electron chi connectivity index (χ3n) is 4.95. The zero-order valence-electron chi connectivity index (χ0n) is 16.8. The lowest BCUT2D eigenvalue weighted by atomic mass is 10.0. The number of rotatable bonds is 6. The first-order valence-corrected chi connectivity index (χ1v) is 9.49. The van der Waals surface area contributed by atoms with Crippen LogP contribution in [-0.4, -0.2) is 37.8 Å². The van der Waals surface area contributed by atoms with Crippen LogP contribution in [0.3, 0.4) is 0 Å². The zero-order valence-corrected chi connectivity index (χ0v) is 16.8. The molecule has 1 aromatic heterocycles. The molecule has 0 saturated carbocycles. The van der Waals surface area contributed by atoms with Crippen LogP contribution in [0.5, 0.6) is 17.2 Å². The van der Waals surface area contributed by atoms with Gasteiger partial charge >= 0.3 is 0 Å². The van der Waals surface area contributed by atoms with Gasteiger partial charge in [-0.15, -0.1) is 0 Å². The van der Waals surface area contributed by atoms with Crippen molar-refractivity contribution < 1.29 is 14.2 Å². The minimum Gasteiger partial charge on any atom is -0.493 e. The second kappa shape index (κ2) is 8.26. The summed E-state index contributed by atoms with van der Waals surface area (Å²) in [6, 6.07) is 14.1. The Balaban J connectivity index is 1.64. The van der Waals surface area contributed by atoms with Gasteiger partial charge in [0.05, 0.1) is 21.3 Å². The van der Waals surface area contributed by atoms with E-state index in [-0.39, 0.29) is 0 Å². The standard InChI is InChI=1S/C22H24N4O3/c1-27-18-13-16(14-19(28-2)21(18)29-3)24-22-23-11-10-20(25-22)26-12-6-8-15-7-4-5-9-17(15)26/h4-5,7,9-11,13-14H,6,8,12H2,1-3H3,(H,23,24,25). The van der Waals surface area contributed by atoms with Gasteiger partial charge in [0.15, 0.2) is 11.5 Å². The summed E-state index contributed by atoms with van der Waals surface area (Å²) in [6.45, 7) is 0.928. The highest BCUT2D eigenvalue weighted by Gasteiger charge is 2.19. The van der Waals surface area contributed by atoms with Gasteiger partial charge in [0, 0.05) is 36.2 Å². The lowest BCUT2D eigenvalue weighted by Crippen LogP contribution is -2.25. The quantitative estimate of drug-likeness (QED) is 0.669. The van der Waals surface area contributed by atoms with E-state index < -0.39 is 0 Å². The van der Waals surface area contributed by atoms with Crippen molar-refractivity contribution in [2.45, 2.75) is 12.8 Å². The number of para-hydroxylation sites is 1. The number of fused-ring (bicyclic) bond motifs is 1. The summed E-state index contributed by atoms with van der Waals surface area (Å²) in [5.74, 6) is 3.04. The highest BCUT2D eigenvalue weighted by molar-refractivity contribution is 5.68. The van der Waals surface area contributed by atoms with E-state index in [1.54, 1.807) is 27.5 Å². The zero-order chi connectivity index (χ0) is 20.2. The Bertz CT molecular complexity index is 984. The SMILES string of the molecule is COc1cc(Nc2nccc(N3CCCc4ccccc43)n2)cc(OC)c1OC. The van der Waals surface area contributed by atoms with Crippen molar-refractivity contribution in [3.8, 4) is 17.2 Å². The number of benzene rings is 2. The average molecular weight is 392 g/mol. The molecule has 150 valence electrons. The van der Waals surface area contributed by atoms with E-state index in [9.17, 15) is 0 Å². The van der Waals surface area contributed by atoms with E-state index >= 15 is 0 Å². The second-order valence-electron chi connectivity index (χ2n) is 6.66. The van der Waals surface area contributed by atoms with Gasteiger partial charge in [0.1, 0.15) is 5.82 Å². The van der Waals surface area contributed by atoms with E-state index in [0.717, 1.165) is 30.9 Å². The molecule has 0 fully saturated rings. The number of aromatic nitrogens is 2. The molecule has 2 heterocycles. The van der Waals surface area contributed by atoms with Gasteiger partial charge in [-0.2, -0.15) is 4.98 Å². The Labute approximate surface area is 170 Å². The van der Waals surface area contributed by atoms with Crippen LogP contribution in [0.15, 0.2) is 48.7 Å². The topological polar surface area (TPSA) is 68.7 Å². The van der Waals surface area contributed by atoms with Gasteiger partial charge < -0.3 is 24.4 Å². The van der Waals surface area contributed by atoms with E-state index in [1.807, 2.05) is 18.2 Å². The van der Waals surface area contributed by atoms with Gasteiger partial charge in [0.2, 0.25) is 11.7 Å². The number of hydrogen-bond donors (Lipinski definition) is 1. The van der Waals surface area contributed by atoms with Gasteiger partial charge in [-0.05, 0) is 30.5 Å². The maximum absolute atomic E-state index is 5.42. The average Bonchev–Trinajstić information content (AvgIpc) is 2.78. The molecule has 1 aliphatic heterocycles. The number of nitrogens with zero attached hydrogens (tertiary/aromatic N) is 3. The first-order valence-electron chi connectivity index (χ1n) is 9.49. The van der Waals surface area contributed by atoms with Crippen LogP contribution in [-0.2, 0) is 6.42 Å². The number of nitrogens with one attached hydrogen (secondary N) is 1. The highest BCUT2D eigenvalue weighted by Crippen LogP contribution is 2.40. The van der Waals surface area contributed by atoms with Crippen molar-refractivity contribution in [3.05, 3.63) is 54.2 Å². The molecule has 0 spiro atoms. The Hall–Kier alpha value is -3.48. The maximum Gasteiger partial charge on any atom is 0.229 e. The van der Waals surface area contributed by atoms with Crippen LogP contribution in [0.1, 0.15) is 12.0 Å². The first kappa shape index (κ1) is 18.9. The summed E-state index contributed by atoms with van der Waals surface area (Å²) in [4.78, 5) is 11.3. The number of ether oxygens (including phenoxy) is 3. The van der Waals surface area contributed by atoms with Gasteiger partial charge in [0.25, 0.3) is 0 Å². The fourth-order valence-corrected chi connectivity index (χ4v) is 3.61. The monoisotopic (exact) mass is 392 g/mol. The van der Waals surface area contributed by atoms with Crippen LogP contribution >= 0.6 is 0 Å². The molecule has 2 aromatic carbocycles. The number of aryl methyl sites for hydroxylation is 1. The van der Waals surface area contributed by atoms with Gasteiger partial charge in [-0.25, -0.2) is 4.98 Å². The first-order chi connectivity index (χ1) is 14.2. The third kappa shape index (κ3) is 3.76. The molecule has 1 N–H and O–H groups in total. The van der Waals surface area contributed by atoms with E-state index in [2.05, 4.69) is 39.5 Å². The minimum absolute atomic E-state index is 0.500. The predicted octanol–water partition coefficient (Wildman–Crippen LogP) is 4.33. The van der Waals surface area contributed by atoms with Crippen molar-refractivity contribution in [1.82, 2.24) is 9.97 Å². The molecular formula is C22H24N4O3. The molecule has 4 rings (SSSR count). The summed E-state index contributed by atoms with van der Waals surface area (Å²) in [6.07, 6.45) is 3.95. The van der Waals surface area contributed by atoms with Crippen LogP contribution in [0.2, 0.25) is 0 Å². The van der Waals surface area contributed by atoms with E-state index in [0.29, 0.717) is 23.2 Å². The third-order valence-corrected chi connectivity index (χ3v) is 4.95. The van der Waals surface area contributed by atoms with Crippen molar-refractivity contribution in [1.29, 1.82) is 0 Å². The smallest absolute Gasteiger partial charge is 0.229 e. The van der Waals surface area contributed by atoms with E-state index in [4.69, 9.17) is 19.2 Å². The van der Waals surface area contributed by atoms with Crippen LogP contribution in [0.25, 0.3) is 0 Å². The molecule has 0 bridgehead atoms. The molecule has 3 aromatic rings. The van der Waals surface area contributed by atoms with Crippen molar-refractivity contribution >= 4 is 23.1 Å². The van der Waals surface area contributed by atoms with Crippen LogP contribution in [0, 0.1) is 0 Å². The Morgan fingerprint density at radius 3 is 2.45 bits per heavy atom. The maximum atomic E-state index is 5.42. The predicted molar refractivity (Wildman–Crippen MR) is 113 cm³/mol. The fourth-order valence-electron chi connectivity index (χ4n) is 3.61. The van der Waals surface area contributed by atoms with Crippen molar-refractivity contribution in [2.75, 3.05) is 38.1 Å². The molecule has 0 amide bonds. The molecule has 1 aliphatic rings. The molecule has 0 atom stereocenters. The van der Waals surface area contributed by atoms with E-state index in [1.165, 1.54) is 11.3 Å². The summed E-state index contributed by atoms with van der Waals surface area (Å²) < 4.78 is 16.2. The second-order valence-corrected chi connectivity index (χ2v) is 6.66. The molecule has 7 nitrogen and oxygen atoms in total. The molecule has 0 aliphatic carbocycles. The number of methoxy groups -OCH3 is 3.